The standard InChI is InChI=1S/C11H11NO2/c13-12(14)7-6-10-8-11(10)9-4-2-1-3-5-9/h1-7,10-11H,8H2. The smallest absolute Gasteiger partial charge is 0.230 e. The predicted octanol–water partition coefficient (Wildman–Crippen LogP) is 2.58. The maximum absolute atomic E-state index is 10.1. The fourth-order valence-electron chi connectivity index (χ4n) is 1.69. The Morgan fingerprint density at radius 3 is 2.71 bits per heavy atom. The molecule has 2 unspecified atom stereocenters. The molecule has 1 fully saturated rings. The average Bonchev–Trinajstić information content (AvgIpc) is 2.95. The van der Waals surface area contributed by atoms with E-state index in [-0.39, 0.29) is 0 Å². The van der Waals surface area contributed by atoms with Crippen molar-refractivity contribution < 1.29 is 4.92 Å². The number of nitrogens with zero attached hydrogens (tertiary/aromatic N) is 1. The predicted molar refractivity (Wildman–Crippen MR) is 53.4 cm³/mol. The summed E-state index contributed by atoms with van der Waals surface area (Å²) < 4.78 is 0. The number of hydrogen-bond donors (Lipinski definition) is 0. The third kappa shape index (κ3) is 1.99. The van der Waals surface area contributed by atoms with E-state index in [1.807, 2.05) is 18.2 Å². The zero-order valence-electron chi connectivity index (χ0n) is 7.67. The molecule has 0 aliphatic heterocycles. The molecule has 0 N–H and O–H groups in total. The Balaban J connectivity index is 1.97. The van der Waals surface area contributed by atoms with Crippen molar-refractivity contribution in [3.63, 3.8) is 0 Å². The van der Waals surface area contributed by atoms with Gasteiger partial charge in [0.05, 0.1) is 4.92 Å². The lowest BCUT2D eigenvalue weighted by atomic mass is 10.1. The fourth-order valence-corrected chi connectivity index (χ4v) is 1.69. The van der Waals surface area contributed by atoms with Crippen molar-refractivity contribution in [2.45, 2.75) is 12.3 Å². The molecule has 1 saturated carbocycles. The fraction of sp³-hybridized carbons (Fsp3) is 0.273. The summed E-state index contributed by atoms with van der Waals surface area (Å²) in [6, 6.07) is 10.1. The Hall–Kier alpha value is -1.64. The van der Waals surface area contributed by atoms with Gasteiger partial charge in [-0.3, -0.25) is 10.1 Å². The lowest BCUT2D eigenvalue weighted by Crippen LogP contribution is -1.84. The minimum absolute atomic E-state index is 0.364. The second-order valence-electron chi connectivity index (χ2n) is 3.54. The van der Waals surface area contributed by atoms with Gasteiger partial charge in [-0.25, -0.2) is 0 Å². The number of allylic oxidation sites excluding steroid dienone is 1. The summed E-state index contributed by atoms with van der Waals surface area (Å²) in [5.74, 6) is 0.857. The van der Waals surface area contributed by atoms with Gasteiger partial charge < -0.3 is 0 Å². The molecule has 14 heavy (non-hydrogen) atoms. The summed E-state index contributed by atoms with van der Waals surface area (Å²) in [6.07, 6.45) is 3.78. The highest BCUT2D eigenvalue weighted by atomic mass is 16.6. The van der Waals surface area contributed by atoms with E-state index in [0.717, 1.165) is 12.6 Å². The first-order chi connectivity index (χ1) is 6.77. The second-order valence-corrected chi connectivity index (χ2v) is 3.54. The molecule has 1 aliphatic carbocycles. The van der Waals surface area contributed by atoms with Crippen LogP contribution < -0.4 is 0 Å². The highest BCUT2D eigenvalue weighted by molar-refractivity contribution is 5.27. The van der Waals surface area contributed by atoms with Crippen LogP contribution in [0.4, 0.5) is 0 Å². The summed E-state index contributed by atoms with van der Waals surface area (Å²) in [7, 11) is 0. The molecule has 72 valence electrons. The van der Waals surface area contributed by atoms with Crippen LogP contribution in [0.5, 0.6) is 0 Å². The molecule has 3 heteroatoms. The van der Waals surface area contributed by atoms with E-state index >= 15 is 0 Å². The van der Waals surface area contributed by atoms with Crippen LogP contribution in [-0.4, -0.2) is 4.92 Å². The molecule has 0 spiro atoms. The van der Waals surface area contributed by atoms with E-state index in [2.05, 4.69) is 12.1 Å². The van der Waals surface area contributed by atoms with Crippen LogP contribution in [0.25, 0.3) is 0 Å². The molecule has 0 saturated heterocycles. The molecule has 0 amide bonds. The zero-order chi connectivity index (χ0) is 9.97. The maximum Gasteiger partial charge on any atom is 0.230 e. The Morgan fingerprint density at radius 1 is 1.36 bits per heavy atom. The first kappa shape index (κ1) is 8.94. The quantitative estimate of drug-likeness (QED) is 0.541. The first-order valence-corrected chi connectivity index (χ1v) is 4.64. The SMILES string of the molecule is O=[N+]([O-])C=CC1CC1c1ccccc1. The zero-order valence-corrected chi connectivity index (χ0v) is 7.67. The summed E-state index contributed by atoms with van der Waals surface area (Å²) in [5, 5.41) is 10.1. The molecular formula is C11H11NO2. The van der Waals surface area contributed by atoms with E-state index in [4.69, 9.17) is 0 Å². The molecular weight excluding hydrogens is 178 g/mol. The molecule has 0 heterocycles. The number of benzene rings is 1. The third-order valence-electron chi connectivity index (χ3n) is 2.52. The van der Waals surface area contributed by atoms with Crippen LogP contribution in [0, 0.1) is 16.0 Å². The van der Waals surface area contributed by atoms with Gasteiger partial charge in [0.2, 0.25) is 6.20 Å². The molecule has 0 aromatic heterocycles. The normalized spacial score (nSPS) is 25.1. The largest absolute Gasteiger partial charge is 0.259 e. The molecule has 0 radical (unpaired) electrons. The van der Waals surface area contributed by atoms with Gasteiger partial charge in [-0.1, -0.05) is 30.3 Å². The van der Waals surface area contributed by atoms with Crippen molar-refractivity contribution >= 4 is 0 Å². The second kappa shape index (κ2) is 3.62. The Bertz CT molecular complexity index is 359. The van der Waals surface area contributed by atoms with Crippen molar-refractivity contribution in [2.24, 2.45) is 5.92 Å². The van der Waals surface area contributed by atoms with Crippen LogP contribution in [0.15, 0.2) is 42.6 Å². The Morgan fingerprint density at radius 2 is 2.07 bits per heavy atom. The van der Waals surface area contributed by atoms with E-state index in [1.165, 1.54) is 5.56 Å². The molecule has 0 bridgehead atoms. The number of rotatable bonds is 3. The lowest BCUT2D eigenvalue weighted by Gasteiger charge is -1.95. The minimum Gasteiger partial charge on any atom is -0.259 e. The van der Waals surface area contributed by atoms with E-state index in [9.17, 15) is 10.1 Å². The van der Waals surface area contributed by atoms with E-state index in [0.29, 0.717) is 11.8 Å². The Labute approximate surface area is 82.2 Å². The van der Waals surface area contributed by atoms with Gasteiger partial charge in [0, 0.05) is 0 Å². The van der Waals surface area contributed by atoms with Gasteiger partial charge in [0.1, 0.15) is 0 Å². The topological polar surface area (TPSA) is 43.1 Å². The van der Waals surface area contributed by atoms with E-state index in [1.54, 1.807) is 6.08 Å². The van der Waals surface area contributed by atoms with Gasteiger partial charge in [-0.05, 0) is 29.9 Å². The monoisotopic (exact) mass is 189 g/mol. The molecule has 1 aromatic carbocycles. The summed E-state index contributed by atoms with van der Waals surface area (Å²) in [6.45, 7) is 0. The molecule has 2 rings (SSSR count). The number of nitro groups is 1. The van der Waals surface area contributed by atoms with Gasteiger partial charge >= 0.3 is 0 Å². The highest BCUT2D eigenvalue weighted by Crippen LogP contribution is 2.48. The average molecular weight is 189 g/mol. The van der Waals surface area contributed by atoms with Gasteiger partial charge in [0.25, 0.3) is 0 Å². The van der Waals surface area contributed by atoms with Crippen molar-refractivity contribution in [2.75, 3.05) is 0 Å². The Kier molecular flexibility index (Phi) is 2.31. The number of hydrogen-bond acceptors (Lipinski definition) is 2. The van der Waals surface area contributed by atoms with Gasteiger partial charge in [-0.2, -0.15) is 0 Å². The van der Waals surface area contributed by atoms with Crippen LogP contribution in [-0.2, 0) is 0 Å². The molecule has 3 nitrogen and oxygen atoms in total. The lowest BCUT2D eigenvalue weighted by molar-refractivity contribution is -0.402. The maximum atomic E-state index is 10.1. The third-order valence-corrected chi connectivity index (χ3v) is 2.52. The van der Waals surface area contributed by atoms with Crippen molar-refractivity contribution in [3.8, 4) is 0 Å². The van der Waals surface area contributed by atoms with Gasteiger partial charge in [-0.15, -0.1) is 0 Å². The molecule has 1 aromatic rings. The van der Waals surface area contributed by atoms with Gasteiger partial charge in [0.15, 0.2) is 0 Å². The van der Waals surface area contributed by atoms with Crippen LogP contribution in [0.2, 0.25) is 0 Å². The van der Waals surface area contributed by atoms with Crippen LogP contribution in [0.3, 0.4) is 0 Å². The van der Waals surface area contributed by atoms with Crippen molar-refractivity contribution in [3.05, 3.63) is 58.3 Å². The highest BCUT2D eigenvalue weighted by Gasteiger charge is 2.36. The minimum atomic E-state index is -0.402. The summed E-state index contributed by atoms with van der Waals surface area (Å²) in [4.78, 5) is 9.69. The molecule has 1 aliphatic rings. The van der Waals surface area contributed by atoms with Crippen LogP contribution in [0.1, 0.15) is 17.9 Å². The van der Waals surface area contributed by atoms with Crippen molar-refractivity contribution in [1.29, 1.82) is 0 Å². The molecule has 2 atom stereocenters. The first-order valence-electron chi connectivity index (χ1n) is 4.64. The van der Waals surface area contributed by atoms with E-state index < -0.39 is 4.92 Å². The van der Waals surface area contributed by atoms with Crippen molar-refractivity contribution in [1.82, 2.24) is 0 Å². The van der Waals surface area contributed by atoms with Crippen LogP contribution >= 0.6 is 0 Å². The summed E-state index contributed by atoms with van der Waals surface area (Å²) >= 11 is 0. The summed E-state index contributed by atoms with van der Waals surface area (Å²) in [5.41, 5.74) is 1.28.